The van der Waals surface area contributed by atoms with E-state index in [-0.39, 0.29) is 17.7 Å². The van der Waals surface area contributed by atoms with Crippen molar-refractivity contribution < 1.29 is 19.5 Å². The summed E-state index contributed by atoms with van der Waals surface area (Å²) in [5.74, 6) is -1.54. The largest absolute Gasteiger partial charge is 0.480 e. The second-order valence-electron chi connectivity index (χ2n) is 7.37. The minimum Gasteiger partial charge on any atom is -0.480 e. The molecule has 0 spiro atoms. The number of benzene rings is 2. The van der Waals surface area contributed by atoms with Gasteiger partial charge in [0.2, 0.25) is 5.91 Å². The quantitative estimate of drug-likeness (QED) is 0.856. The third-order valence-corrected chi connectivity index (χ3v) is 5.60. The molecule has 1 aliphatic heterocycles. The molecule has 0 bridgehead atoms. The third kappa shape index (κ3) is 3.38. The maximum absolute atomic E-state index is 12.9. The molecule has 2 unspecified atom stereocenters. The van der Waals surface area contributed by atoms with E-state index in [1.165, 1.54) is 10.5 Å². The van der Waals surface area contributed by atoms with E-state index >= 15 is 0 Å². The van der Waals surface area contributed by atoms with Crippen molar-refractivity contribution in [3.05, 3.63) is 65.2 Å². The summed E-state index contributed by atoms with van der Waals surface area (Å²) in [6.07, 6.45) is 2.79. The maximum Gasteiger partial charge on any atom is 0.326 e. The van der Waals surface area contributed by atoms with E-state index in [0.717, 1.165) is 18.4 Å². The summed E-state index contributed by atoms with van der Waals surface area (Å²) >= 11 is 0. The highest BCUT2D eigenvalue weighted by atomic mass is 16.4. The smallest absolute Gasteiger partial charge is 0.326 e. The number of amides is 2. The molecule has 2 atom stereocenters. The number of anilines is 1. The van der Waals surface area contributed by atoms with E-state index in [1.807, 2.05) is 24.3 Å². The molecule has 1 aliphatic carbocycles. The number of carboxylic acid groups (broad SMARTS) is 1. The fourth-order valence-electron chi connectivity index (χ4n) is 4.05. The molecule has 2 amide bonds. The van der Waals surface area contributed by atoms with Gasteiger partial charge in [0.25, 0.3) is 5.91 Å². The normalized spacial score (nSPS) is 20.6. The van der Waals surface area contributed by atoms with Gasteiger partial charge in [-0.3, -0.25) is 9.59 Å². The first kappa shape index (κ1) is 18.2. The van der Waals surface area contributed by atoms with Crippen LogP contribution in [0.25, 0.3) is 0 Å². The summed E-state index contributed by atoms with van der Waals surface area (Å²) in [6.45, 7) is 0.436. The lowest BCUT2D eigenvalue weighted by atomic mass is 9.77. The highest BCUT2D eigenvalue weighted by molar-refractivity contribution is 6.01. The Morgan fingerprint density at radius 1 is 1.04 bits per heavy atom. The maximum atomic E-state index is 12.9. The van der Waals surface area contributed by atoms with Crippen LogP contribution in [-0.2, 0) is 16.0 Å². The van der Waals surface area contributed by atoms with Crippen molar-refractivity contribution in [1.82, 2.24) is 4.90 Å². The summed E-state index contributed by atoms with van der Waals surface area (Å²) in [5.41, 5.74) is 3.17. The number of aliphatic carboxylic acids is 1. The summed E-state index contributed by atoms with van der Waals surface area (Å²) in [7, 11) is 0. The molecule has 1 heterocycles. The number of fused-ring (bicyclic) bond motifs is 1. The number of carbonyl (C=O) groups excluding carboxylic acids is 2. The zero-order valence-electron chi connectivity index (χ0n) is 15.4. The molecule has 6 nitrogen and oxygen atoms in total. The molecule has 2 N–H and O–H groups in total. The van der Waals surface area contributed by atoms with E-state index in [4.69, 9.17) is 0 Å². The van der Waals surface area contributed by atoms with Crippen molar-refractivity contribution in [2.24, 2.45) is 0 Å². The molecule has 0 radical (unpaired) electrons. The predicted molar refractivity (Wildman–Crippen MR) is 104 cm³/mol. The van der Waals surface area contributed by atoms with Gasteiger partial charge in [0.15, 0.2) is 0 Å². The monoisotopic (exact) mass is 378 g/mol. The lowest BCUT2D eigenvalue weighted by Gasteiger charge is -2.33. The van der Waals surface area contributed by atoms with Crippen molar-refractivity contribution in [3.8, 4) is 0 Å². The van der Waals surface area contributed by atoms with Gasteiger partial charge < -0.3 is 15.3 Å². The average molecular weight is 378 g/mol. The first-order valence-electron chi connectivity index (χ1n) is 9.57. The molecule has 1 saturated heterocycles. The number of likely N-dealkylation sites (tertiary alicyclic amines) is 1. The van der Waals surface area contributed by atoms with Crippen molar-refractivity contribution in [3.63, 3.8) is 0 Å². The summed E-state index contributed by atoms with van der Waals surface area (Å²) in [5, 5.41) is 12.3. The van der Waals surface area contributed by atoms with Crippen LogP contribution in [0.3, 0.4) is 0 Å². The summed E-state index contributed by atoms with van der Waals surface area (Å²) in [4.78, 5) is 38.4. The molecule has 28 heavy (non-hydrogen) atoms. The van der Waals surface area contributed by atoms with Gasteiger partial charge in [0, 0.05) is 17.8 Å². The van der Waals surface area contributed by atoms with Crippen LogP contribution in [-0.4, -0.2) is 40.4 Å². The van der Waals surface area contributed by atoms with E-state index in [1.54, 1.807) is 24.3 Å². The minimum absolute atomic E-state index is 0.0929. The summed E-state index contributed by atoms with van der Waals surface area (Å²) < 4.78 is 0. The number of nitrogens with one attached hydrogen (secondary N) is 1. The lowest BCUT2D eigenvalue weighted by Crippen LogP contribution is -2.48. The Labute approximate surface area is 163 Å². The molecule has 4 rings (SSSR count). The van der Waals surface area contributed by atoms with E-state index in [9.17, 15) is 19.5 Å². The fourth-order valence-corrected chi connectivity index (χ4v) is 4.05. The van der Waals surface area contributed by atoms with Crippen molar-refractivity contribution >= 4 is 23.5 Å². The van der Waals surface area contributed by atoms with Gasteiger partial charge in [0.1, 0.15) is 6.04 Å². The van der Waals surface area contributed by atoms with Crippen molar-refractivity contribution in [2.45, 2.75) is 37.6 Å². The van der Waals surface area contributed by atoms with E-state index < -0.39 is 12.0 Å². The first-order chi connectivity index (χ1) is 13.5. The molecule has 144 valence electrons. The highest BCUT2D eigenvalue weighted by Crippen LogP contribution is 2.35. The van der Waals surface area contributed by atoms with Crippen LogP contribution in [0.2, 0.25) is 0 Å². The van der Waals surface area contributed by atoms with Gasteiger partial charge in [-0.1, -0.05) is 30.3 Å². The zero-order valence-corrected chi connectivity index (χ0v) is 15.4. The second kappa shape index (κ2) is 7.46. The Balaban J connectivity index is 1.48. The molecular formula is C22H22N2O4. The molecule has 2 aliphatic rings. The predicted octanol–water partition coefficient (Wildman–Crippen LogP) is 3.04. The van der Waals surface area contributed by atoms with Crippen LogP contribution < -0.4 is 5.32 Å². The van der Waals surface area contributed by atoms with Crippen LogP contribution >= 0.6 is 0 Å². The molecule has 2 aromatic rings. The molecular weight excluding hydrogens is 356 g/mol. The van der Waals surface area contributed by atoms with Gasteiger partial charge in [-0.25, -0.2) is 4.79 Å². The van der Waals surface area contributed by atoms with Gasteiger partial charge >= 0.3 is 5.97 Å². The number of rotatable bonds is 4. The number of hydrogen-bond donors (Lipinski definition) is 2. The lowest BCUT2D eigenvalue weighted by molar-refractivity contribution is -0.143. The number of hydrogen-bond acceptors (Lipinski definition) is 3. The first-order valence-corrected chi connectivity index (χ1v) is 9.57. The Morgan fingerprint density at radius 2 is 1.86 bits per heavy atom. The van der Waals surface area contributed by atoms with E-state index in [2.05, 4.69) is 5.32 Å². The third-order valence-electron chi connectivity index (χ3n) is 5.60. The second-order valence-corrected chi connectivity index (χ2v) is 7.37. The molecule has 0 aromatic heterocycles. The van der Waals surface area contributed by atoms with Crippen molar-refractivity contribution in [1.29, 1.82) is 0 Å². The molecule has 6 heteroatoms. The Kier molecular flexibility index (Phi) is 4.86. The van der Waals surface area contributed by atoms with Crippen LogP contribution in [0.1, 0.15) is 46.7 Å². The van der Waals surface area contributed by atoms with Gasteiger partial charge in [-0.05, 0) is 55.0 Å². The molecule has 0 saturated carbocycles. The number of nitrogens with zero attached hydrogens (tertiary/aromatic N) is 1. The Bertz CT molecular complexity index is 940. The SMILES string of the molecule is O=C(Nc1cccc(C(=O)N2CCCCC2C(=O)O)c1)C1Cc2ccccc21. The number of carbonyl (C=O) groups is 3. The van der Waals surface area contributed by atoms with Gasteiger partial charge in [-0.2, -0.15) is 0 Å². The van der Waals surface area contributed by atoms with Crippen LogP contribution in [0.4, 0.5) is 5.69 Å². The van der Waals surface area contributed by atoms with E-state index in [0.29, 0.717) is 30.6 Å². The molecule has 2 aromatic carbocycles. The zero-order chi connectivity index (χ0) is 19.7. The van der Waals surface area contributed by atoms with Gasteiger partial charge in [0.05, 0.1) is 5.92 Å². The highest BCUT2D eigenvalue weighted by Gasteiger charge is 2.33. The van der Waals surface area contributed by atoms with Crippen LogP contribution in [0, 0.1) is 0 Å². The van der Waals surface area contributed by atoms with Gasteiger partial charge in [-0.15, -0.1) is 0 Å². The average Bonchev–Trinajstić information content (AvgIpc) is 2.68. The molecule has 1 fully saturated rings. The number of carboxylic acids is 1. The fraction of sp³-hybridized carbons (Fsp3) is 0.318. The summed E-state index contributed by atoms with van der Waals surface area (Å²) in [6, 6.07) is 13.8. The minimum atomic E-state index is -0.971. The van der Waals surface area contributed by atoms with Crippen molar-refractivity contribution in [2.75, 3.05) is 11.9 Å². The standard InChI is InChI=1S/C22H22N2O4/c25-20(18-13-14-6-1-2-9-17(14)18)23-16-8-5-7-15(12-16)21(26)24-11-4-3-10-19(24)22(27)28/h1-2,5-9,12,18-19H,3-4,10-11,13H2,(H,23,25)(H,27,28). The van der Waals surface area contributed by atoms with Crippen LogP contribution in [0.15, 0.2) is 48.5 Å². The Morgan fingerprint density at radius 3 is 2.64 bits per heavy atom. The van der Waals surface area contributed by atoms with Crippen LogP contribution in [0.5, 0.6) is 0 Å². The Hall–Kier alpha value is -3.15. The number of piperidine rings is 1. The topological polar surface area (TPSA) is 86.7 Å².